The number of rotatable bonds is 5. The molecule has 0 radical (unpaired) electrons. The van der Waals surface area contributed by atoms with Gasteiger partial charge in [0.2, 0.25) is 0 Å². The average molecular weight is 344 g/mol. The molecule has 0 unspecified atom stereocenters. The van der Waals surface area contributed by atoms with E-state index in [9.17, 15) is 9.59 Å². The van der Waals surface area contributed by atoms with Gasteiger partial charge in [-0.05, 0) is 42.8 Å². The van der Waals surface area contributed by atoms with Crippen molar-refractivity contribution in [3.8, 4) is 0 Å². The molecule has 0 aromatic heterocycles. The molecule has 0 saturated heterocycles. The molecule has 26 heavy (non-hydrogen) atoms. The SMILES string of the molecule is Cc1ccc(NC(=O)c2cccc(C(=O)NCc3ccccc3)c2)cc1. The maximum absolute atomic E-state index is 12.4. The van der Waals surface area contributed by atoms with E-state index in [1.54, 1.807) is 24.3 Å². The Hall–Kier alpha value is -3.40. The minimum Gasteiger partial charge on any atom is -0.348 e. The summed E-state index contributed by atoms with van der Waals surface area (Å²) in [4.78, 5) is 24.8. The summed E-state index contributed by atoms with van der Waals surface area (Å²) >= 11 is 0. The molecule has 0 fully saturated rings. The highest BCUT2D eigenvalue weighted by atomic mass is 16.2. The van der Waals surface area contributed by atoms with Crippen molar-refractivity contribution in [2.24, 2.45) is 0 Å². The van der Waals surface area contributed by atoms with Gasteiger partial charge in [0, 0.05) is 23.4 Å². The summed E-state index contributed by atoms with van der Waals surface area (Å²) in [6, 6.07) is 24.0. The summed E-state index contributed by atoms with van der Waals surface area (Å²) in [5, 5.41) is 5.71. The van der Waals surface area contributed by atoms with Gasteiger partial charge >= 0.3 is 0 Å². The predicted molar refractivity (Wildman–Crippen MR) is 103 cm³/mol. The molecule has 3 aromatic carbocycles. The summed E-state index contributed by atoms with van der Waals surface area (Å²) in [6.07, 6.45) is 0. The quantitative estimate of drug-likeness (QED) is 0.729. The van der Waals surface area contributed by atoms with Crippen LogP contribution in [0.15, 0.2) is 78.9 Å². The van der Waals surface area contributed by atoms with Gasteiger partial charge in [-0.1, -0.05) is 54.1 Å². The van der Waals surface area contributed by atoms with Gasteiger partial charge < -0.3 is 10.6 Å². The first-order valence-electron chi connectivity index (χ1n) is 8.42. The zero-order valence-electron chi connectivity index (χ0n) is 14.5. The predicted octanol–water partition coefficient (Wildman–Crippen LogP) is 4.18. The summed E-state index contributed by atoms with van der Waals surface area (Å²) in [7, 11) is 0. The first-order chi connectivity index (χ1) is 12.6. The summed E-state index contributed by atoms with van der Waals surface area (Å²) in [5.74, 6) is -0.453. The Bertz CT molecular complexity index is 903. The molecule has 130 valence electrons. The lowest BCUT2D eigenvalue weighted by molar-refractivity contribution is 0.0951. The van der Waals surface area contributed by atoms with Gasteiger partial charge in [-0.15, -0.1) is 0 Å². The lowest BCUT2D eigenvalue weighted by Gasteiger charge is -2.08. The van der Waals surface area contributed by atoms with Crippen LogP contribution in [0, 0.1) is 6.92 Å². The number of anilines is 1. The van der Waals surface area contributed by atoms with Gasteiger partial charge in [0.15, 0.2) is 0 Å². The molecular formula is C22H20N2O2. The number of hydrogen-bond donors (Lipinski definition) is 2. The van der Waals surface area contributed by atoms with Crippen LogP contribution in [0.3, 0.4) is 0 Å². The molecule has 4 nitrogen and oxygen atoms in total. The minimum atomic E-state index is -0.244. The molecule has 4 heteroatoms. The molecule has 0 atom stereocenters. The van der Waals surface area contributed by atoms with Crippen molar-refractivity contribution in [3.05, 3.63) is 101 Å². The topological polar surface area (TPSA) is 58.2 Å². The molecule has 0 aliphatic carbocycles. The molecule has 3 aromatic rings. The van der Waals surface area contributed by atoms with E-state index < -0.39 is 0 Å². The van der Waals surface area contributed by atoms with Gasteiger partial charge in [-0.25, -0.2) is 0 Å². The Morgan fingerprint density at radius 1 is 0.769 bits per heavy atom. The summed E-state index contributed by atoms with van der Waals surface area (Å²) < 4.78 is 0. The Kier molecular flexibility index (Phi) is 5.44. The minimum absolute atomic E-state index is 0.209. The highest BCUT2D eigenvalue weighted by molar-refractivity contribution is 6.06. The second-order valence-electron chi connectivity index (χ2n) is 6.07. The number of benzene rings is 3. The van der Waals surface area contributed by atoms with Crippen LogP contribution in [0.25, 0.3) is 0 Å². The van der Waals surface area contributed by atoms with Crippen molar-refractivity contribution in [1.29, 1.82) is 0 Å². The largest absolute Gasteiger partial charge is 0.348 e. The molecule has 2 amide bonds. The molecule has 0 aliphatic heterocycles. The fourth-order valence-corrected chi connectivity index (χ4v) is 2.52. The molecule has 3 rings (SSSR count). The summed E-state index contributed by atoms with van der Waals surface area (Å²) in [5.41, 5.74) is 3.77. The molecule has 2 N–H and O–H groups in total. The fourth-order valence-electron chi connectivity index (χ4n) is 2.52. The maximum atomic E-state index is 12.4. The van der Waals surface area contributed by atoms with Crippen LogP contribution in [0.1, 0.15) is 31.8 Å². The van der Waals surface area contributed by atoms with Crippen LogP contribution < -0.4 is 10.6 Å². The highest BCUT2D eigenvalue weighted by Gasteiger charge is 2.10. The maximum Gasteiger partial charge on any atom is 0.255 e. The number of carbonyl (C=O) groups excluding carboxylic acids is 2. The molecule has 0 aliphatic rings. The molecule has 0 heterocycles. The van der Waals surface area contributed by atoms with E-state index in [-0.39, 0.29) is 11.8 Å². The molecule has 0 spiro atoms. The number of amides is 2. The van der Waals surface area contributed by atoms with Crippen LogP contribution in [0.5, 0.6) is 0 Å². The average Bonchev–Trinajstić information content (AvgIpc) is 2.69. The van der Waals surface area contributed by atoms with E-state index in [0.29, 0.717) is 17.7 Å². The second-order valence-corrected chi connectivity index (χ2v) is 6.07. The molecular weight excluding hydrogens is 324 g/mol. The standard InChI is InChI=1S/C22H20N2O2/c1-16-10-12-20(13-11-16)24-22(26)19-9-5-8-18(14-19)21(25)23-15-17-6-3-2-4-7-17/h2-14H,15H2,1H3,(H,23,25)(H,24,26). The monoisotopic (exact) mass is 344 g/mol. The van der Waals surface area contributed by atoms with Gasteiger partial charge in [0.1, 0.15) is 0 Å². The van der Waals surface area contributed by atoms with Crippen molar-refractivity contribution in [1.82, 2.24) is 5.32 Å². The fraction of sp³-hybridized carbons (Fsp3) is 0.0909. The summed E-state index contributed by atoms with van der Waals surface area (Å²) in [6.45, 7) is 2.43. The number of nitrogens with one attached hydrogen (secondary N) is 2. The third kappa shape index (κ3) is 4.57. The van der Waals surface area contributed by atoms with E-state index in [1.165, 1.54) is 0 Å². The second kappa shape index (κ2) is 8.12. The number of aryl methyl sites for hydroxylation is 1. The van der Waals surface area contributed by atoms with Crippen molar-refractivity contribution < 1.29 is 9.59 Å². The van der Waals surface area contributed by atoms with E-state index in [1.807, 2.05) is 61.5 Å². The normalized spacial score (nSPS) is 10.2. The van der Waals surface area contributed by atoms with Crippen LogP contribution in [-0.2, 0) is 6.54 Å². The van der Waals surface area contributed by atoms with E-state index in [0.717, 1.165) is 16.8 Å². The highest BCUT2D eigenvalue weighted by Crippen LogP contribution is 2.12. The van der Waals surface area contributed by atoms with Crippen molar-refractivity contribution in [2.75, 3.05) is 5.32 Å². The van der Waals surface area contributed by atoms with E-state index in [4.69, 9.17) is 0 Å². The van der Waals surface area contributed by atoms with Crippen LogP contribution in [0.4, 0.5) is 5.69 Å². The van der Waals surface area contributed by atoms with Crippen molar-refractivity contribution in [3.63, 3.8) is 0 Å². The van der Waals surface area contributed by atoms with Gasteiger partial charge in [0.05, 0.1) is 0 Å². The number of carbonyl (C=O) groups is 2. The van der Waals surface area contributed by atoms with Crippen molar-refractivity contribution in [2.45, 2.75) is 13.5 Å². The van der Waals surface area contributed by atoms with Crippen LogP contribution >= 0.6 is 0 Å². The van der Waals surface area contributed by atoms with Gasteiger partial charge in [0.25, 0.3) is 11.8 Å². The Labute approximate surface area is 152 Å². The third-order valence-electron chi connectivity index (χ3n) is 3.99. The van der Waals surface area contributed by atoms with Gasteiger partial charge in [-0.2, -0.15) is 0 Å². The molecule has 0 saturated carbocycles. The lowest BCUT2D eigenvalue weighted by Crippen LogP contribution is -2.23. The first-order valence-corrected chi connectivity index (χ1v) is 8.42. The smallest absolute Gasteiger partial charge is 0.255 e. The van der Waals surface area contributed by atoms with Gasteiger partial charge in [-0.3, -0.25) is 9.59 Å². The van der Waals surface area contributed by atoms with E-state index in [2.05, 4.69) is 10.6 Å². The molecule has 0 bridgehead atoms. The van der Waals surface area contributed by atoms with Crippen molar-refractivity contribution >= 4 is 17.5 Å². The van der Waals surface area contributed by atoms with E-state index >= 15 is 0 Å². The van der Waals surface area contributed by atoms with Crippen LogP contribution in [-0.4, -0.2) is 11.8 Å². The lowest BCUT2D eigenvalue weighted by atomic mass is 10.1. The Balaban J connectivity index is 1.66. The number of hydrogen-bond acceptors (Lipinski definition) is 2. The zero-order chi connectivity index (χ0) is 18.4. The van der Waals surface area contributed by atoms with Crippen LogP contribution in [0.2, 0.25) is 0 Å². The zero-order valence-corrected chi connectivity index (χ0v) is 14.5. The first kappa shape index (κ1) is 17.4. The third-order valence-corrected chi connectivity index (χ3v) is 3.99. The Morgan fingerprint density at radius 2 is 1.42 bits per heavy atom. The Morgan fingerprint density at radius 3 is 2.12 bits per heavy atom.